The number of ether oxygens (including phenoxy) is 1. The van der Waals surface area contributed by atoms with Crippen molar-refractivity contribution in [3.63, 3.8) is 0 Å². The van der Waals surface area contributed by atoms with Crippen LogP contribution in [0.2, 0.25) is 0 Å². The maximum Gasteiger partial charge on any atom is 0.293 e. The van der Waals surface area contributed by atoms with Crippen LogP contribution < -0.4 is 15.2 Å². The number of hydrogen-bond acceptors (Lipinski definition) is 4. The molecule has 2 rings (SSSR count). The molecule has 0 bridgehead atoms. The highest BCUT2D eigenvalue weighted by Crippen LogP contribution is 2.07. The van der Waals surface area contributed by atoms with E-state index in [9.17, 15) is 0 Å². The van der Waals surface area contributed by atoms with Crippen molar-refractivity contribution in [3.8, 4) is 5.75 Å². The minimum atomic E-state index is 0.301. The quantitative estimate of drug-likeness (QED) is 0.745. The molecule has 2 aromatic rings. The van der Waals surface area contributed by atoms with Crippen LogP contribution in [0.1, 0.15) is 0 Å². The second kappa shape index (κ2) is 4.45. The second-order valence-electron chi connectivity index (χ2n) is 3.03. The number of anilines is 1. The standard InChI is InChI=1S/C10H12N3O2/c11-10-8-13(12-15-10)6-7-14-9-4-2-1-3-5-9/h1-5,8H,6-7,11H2/q+1. The molecule has 2 N–H and O–H groups in total. The summed E-state index contributed by atoms with van der Waals surface area (Å²) >= 11 is 0. The summed E-state index contributed by atoms with van der Waals surface area (Å²) in [7, 11) is 0. The van der Waals surface area contributed by atoms with Crippen LogP contribution in [0.4, 0.5) is 5.88 Å². The lowest BCUT2D eigenvalue weighted by Crippen LogP contribution is -2.37. The number of para-hydroxylation sites is 1. The summed E-state index contributed by atoms with van der Waals surface area (Å²) in [6.45, 7) is 1.14. The monoisotopic (exact) mass is 206 g/mol. The predicted molar refractivity (Wildman–Crippen MR) is 53.0 cm³/mol. The van der Waals surface area contributed by atoms with Crippen LogP contribution in [0.3, 0.4) is 0 Å². The first-order valence-electron chi connectivity index (χ1n) is 4.64. The Morgan fingerprint density at radius 1 is 1.33 bits per heavy atom. The van der Waals surface area contributed by atoms with Gasteiger partial charge >= 0.3 is 0 Å². The van der Waals surface area contributed by atoms with Crippen molar-refractivity contribution in [3.05, 3.63) is 36.5 Å². The molecular weight excluding hydrogens is 194 g/mol. The van der Waals surface area contributed by atoms with E-state index in [2.05, 4.69) is 5.27 Å². The summed E-state index contributed by atoms with van der Waals surface area (Å²) in [5.74, 6) is 1.14. The Morgan fingerprint density at radius 2 is 2.13 bits per heavy atom. The maximum atomic E-state index is 5.48. The van der Waals surface area contributed by atoms with E-state index in [1.165, 1.54) is 0 Å². The highest BCUT2D eigenvalue weighted by atomic mass is 16.5. The van der Waals surface area contributed by atoms with E-state index >= 15 is 0 Å². The van der Waals surface area contributed by atoms with Crippen molar-refractivity contribution in [1.82, 2.24) is 5.27 Å². The predicted octanol–water partition coefficient (Wildman–Crippen LogP) is 0.623. The Bertz CT molecular complexity index is 414. The van der Waals surface area contributed by atoms with Gasteiger partial charge in [0.05, 0.1) is 0 Å². The molecule has 78 valence electrons. The first-order chi connectivity index (χ1) is 7.34. The SMILES string of the molecule is Nc1c[n+](CCOc2ccccc2)no1. The molecule has 0 saturated carbocycles. The first kappa shape index (κ1) is 9.51. The highest BCUT2D eigenvalue weighted by molar-refractivity contribution is 5.20. The van der Waals surface area contributed by atoms with Crippen LogP contribution in [0, 0.1) is 0 Å². The van der Waals surface area contributed by atoms with E-state index in [1.54, 1.807) is 10.9 Å². The largest absolute Gasteiger partial charge is 0.487 e. The maximum absolute atomic E-state index is 5.48. The number of rotatable bonds is 4. The van der Waals surface area contributed by atoms with Gasteiger partial charge < -0.3 is 10.5 Å². The zero-order valence-electron chi connectivity index (χ0n) is 8.17. The van der Waals surface area contributed by atoms with Gasteiger partial charge in [0, 0.05) is 0 Å². The Morgan fingerprint density at radius 3 is 2.80 bits per heavy atom. The molecule has 0 spiro atoms. The van der Waals surface area contributed by atoms with E-state index in [0.717, 1.165) is 5.75 Å². The summed E-state index contributed by atoms with van der Waals surface area (Å²) in [6.07, 6.45) is 1.62. The molecule has 0 saturated heterocycles. The van der Waals surface area contributed by atoms with Crippen LogP contribution in [0.15, 0.2) is 41.1 Å². The van der Waals surface area contributed by atoms with Gasteiger partial charge in [-0.2, -0.15) is 0 Å². The molecular formula is C10H12N3O2+. The van der Waals surface area contributed by atoms with Crippen molar-refractivity contribution in [1.29, 1.82) is 0 Å². The minimum absolute atomic E-state index is 0.301. The number of nitrogens with zero attached hydrogens (tertiary/aromatic N) is 2. The fourth-order valence-corrected chi connectivity index (χ4v) is 1.17. The third kappa shape index (κ3) is 2.70. The Balaban J connectivity index is 1.80. The Labute approximate surface area is 87.0 Å². The third-order valence-electron chi connectivity index (χ3n) is 1.86. The number of aromatic nitrogens is 2. The molecule has 0 fully saturated rings. The average Bonchev–Trinajstić information content (AvgIpc) is 2.66. The molecule has 5 heteroatoms. The van der Waals surface area contributed by atoms with E-state index in [0.29, 0.717) is 19.0 Å². The Kier molecular flexibility index (Phi) is 2.82. The summed E-state index contributed by atoms with van der Waals surface area (Å²) in [5, 5.41) is 3.68. The molecule has 0 aliphatic carbocycles. The molecule has 0 unspecified atom stereocenters. The van der Waals surface area contributed by atoms with Crippen molar-refractivity contribution < 1.29 is 13.9 Å². The first-order valence-corrected chi connectivity index (χ1v) is 4.64. The summed E-state index contributed by atoms with van der Waals surface area (Å²) in [5.41, 5.74) is 5.37. The van der Waals surface area contributed by atoms with E-state index < -0.39 is 0 Å². The normalized spacial score (nSPS) is 10.1. The van der Waals surface area contributed by atoms with Crippen LogP contribution in [-0.4, -0.2) is 11.9 Å². The number of hydrogen-bond donors (Lipinski definition) is 1. The van der Waals surface area contributed by atoms with Gasteiger partial charge in [-0.25, -0.2) is 0 Å². The lowest BCUT2D eigenvalue weighted by atomic mass is 10.3. The minimum Gasteiger partial charge on any atom is -0.487 e. The van der Waals surface area contributed by atoms with Crippen molar-refractivity contribution in [2.45, 2.75) is 6.54 Å². The molecule has 0 aliphatic heterocycles. The van der Waals surface area contributed by atoms with Gasteiger partial charge in [0.1, 0.15) is 12.4 Å². The van der Waals surface area contributed by atoms with Gasteiger partial charge in [0.25, 0.3) is 12.1 Å². The van der Waals surface area contributed by atoms with Gasteiger partial charge in [-0.05, 0) is 16.8 Å². The van der Waals surface area contributed by atoms with Gasteiger partial charge in [-0.3, -0.25) is 4.52 Å². The molecule has 0 amide bonds. The zero-order valence-corrected chi connectivity index (χ0v) is 8.17. The van der Waals surface area contributed by atoms with Crippen molar-refractivity contribution in [2.24, 2.45) is 0 Å². The number of nitrogens with two attached hydrogens (primary N) is 1. The topological polar surface area (TPSA) is 65.2 Å². The van der Waals surface area contributed by atoms with E-state index in [-0.39, 0.29) is 0 Å². The van der Waals surface area contributed by atoms with E-state index in [4.69, 9.17) is 15.0 Å². The van der Waals surface area contributed by atoms with Crippen LogP contribution in [-0.2, 0) is 6.54 Å². The molecule has 0 aliphatic rings. The number of nitrogen functional groups attached to an aromatic ring is 1. The molecule has 1 aromatic carbocycles. The summed E-state index contributed by atoms with van der Waals surface area (Å²) in [4.78, 5) is 0. The van der Waals surface area contributed by atoms with Crippen LogP contribution in [0.25, 0.3) is 0 Å². The van der Waals surface area contributed by atoms with Gasteiger partial charge in [0.2, 0.25) is 11.8 Å². The summed E-state index contributed by atoms with van der Waals surface area (Å²) in [6, 6.07) is 9.61. The van der Waals surface area contributed by atoms with Gasteiger partial charge in [0.15, 0.2) is 0 Å². The molecule has 15 heavy (non-hydrogen) atoms. The summed E-state index contributed by atoms with van der Waals surface area (Å²) < 4.78 is 11.8. The van der Waals surface area contributed by atoms with Crippen molar-refractivity contribution >= 4 is 5.88 Å². The molecule has 5 nitrogen and oxygen atoms in total. The second-order valence-corrected chi connectivity index (χ2v) is 3.03. The molecule has 0 atom stereocenters. The van der Waals surface area contributed by atoms with Crippen LogP contribution in [0.5, 0.6) is 5.75 Å². The van der Waals surface area contributed by atoms with Crippen molar-refractivity contribution in [2.75, 3.05) is 12.3 Å². The average molecular weight is 206 g/mol. The smallest absolute Gasteiger partial charge is 0.293 e. The fourth-order valence-electron chi connectivity index (χ4n) is 1.17. The zero-order chi connectivity index (χ0) is 10.5. The lowest BCUT2D eigenvalue weighted by molar-refractivity contribution is -0.762. The van der Waals surface area contributed by atoms with E-state index in [1.807, 2.05) is 30.3 Å². The lowest BCUT2D eigenvalue weighted by Gasteiger charge is -2.00. The van der Waals surface area contributed by atoms with Gasteiger partial charge in [-0.15, -0.1) is 0 Å². The molecule has 1 aromatic heterocycles. The van der Waals surface area contributed by atoms with Crippen LogP contribution >= 0.6 is 0 Å². The number of benzene rings is 1. The Hall–Kier alpha value is -2.04. The third-order valence-corrected chi connectivity index (χ3v) is 1.86. The molecule has 1 heterocycles. The molecule has 0 radical (unpaired) electrons. The van der Waals surface area contributed by atoms with Gasteiger partial charge in [-0.1, -0.05) is 18.2 Å². The fraction of sp³-hybridized carbons (Fsp3) is 0.200. The highest BCUT2D eigenvalue weighted by Gasteiger charge is 2.07.